The molecule has 0 saturated heterocycles. The highest BCUT2D eigenvalue weighted by Gasteiger charge is 2.49. The van der Waals surface area contributed by atoms with E-state index in [4.69, 9.17) is 16.3 Å². The molecule has 1 aliphatic heterocycles. The Morgan fingerprint density at radius 2 is 1.70 bits per heavy atom. The van der Waals surface area contributed by atoms with E-state index in [1.54, 1.807) is 0 Å². The molecule has 2 aromatic rings. The molecule has 2 unspecified atom stereocenters. The van der Waals surface area contributed by atoms with E-state index >= 15 is 4.39 Å². The Labute approximate surface area is 244 Å². The number of benzene rings is 2. The van der Waals surface area contributed by atoms with E-state index in [-0.39, 0.29) is 24.3 Å². The maximum absolute atomic E-state index is 15.2. The van der Waals surface area contributed by atoms with Gasteiger partial charge in [-0.15, -0.1) is 0 Å². The van der Waals surface area contributed by atoms with Crippen LogP contribution >= 0.6 is 11.6 Å². The molecule has 1 amide bonds. The van der Waals surface area contributed by atoms with E-state index in [0.29, 0.717) is 12.1 Å². The van der Waals surface area contributed by atoms with Crippen molar-refractivity contribution in [2.45, 2.75) is 12.1 Å². The molecular formula is C27H22ClF5N2O8. The molecule has 43 heavy (non-hydrogen) atoms. The molecule has 2 aromatic carbocycles. The SMILES string of the molecule is COC(=O)C1C(CF)=NC(COCCNC(=O)c2ccccc2C(=O)O)=C(C(=O)O)C1c1c(F)ccc(Cl)c1C(F)(F)F. The number of aliphatic carboxylic acids is 1. The molecule has 0 radical (unpaired) electrons. The largest absolute Gasteiger partial charge is 0.478 e. The van der Waals surface area contributed by atoms with Crippen molar-refractivity contribution in [3.05, 3.63) is 80.8 Å². The molecule has 0 fully saturated rings. The minimum absolute atomic E-state index is 0.156. The van der Waals surface area contributed by atoms with Crippen molar-refractivity contribution in [3.63, 3.8) is 0 Å². The lowest BCUT2D eigenvalue weighted by Gasteiger charge is -2.33. The van der Waals surface area contributed by atoms with E-state index in [1.807, 2.05) is 0 Å². The molecule has 3 rings (SSSR count). The van der Waals surface area contributed by atoms with E-state index in [1.165, 1.54) is 24.3 Å². The number of ether oxygens (including phenoxy) is 2. The average molecular weight is 633 g/mol. The normalized spacial score (nSPS) is 16.9. The number of methoxy groups -OCH3 is 1. The van der Waals surface area contributed by atoms with Gasteiger partial charge in [-0.3, -0.25) is 14.6 Å². The molecule has 16 heteroatoms. The van der Waals surface area contributed by atoms with Gasteiger partial charge in [0.15, 0.2) is 0 Å². The van der Waals surface area contributed by atoms with Crippen LogP contribution in [0.25, 0.3) is 0 Å². The Bertz CT molecular complexity index is 1510. The number of carboxylic acid groups (broad SMARTS) is 2. The highest BCUT2D eigenvalue weighted by Crippen LogP contribution is 2.48. The Morgan fingerprint density at radius 1 is 1.05 bits per heavy atom. The zero-order chi connectivity index (χ0) is 32.1. The third-order valence-corrected chi connectivity index (χ3v) is 6.64. The lowest BCUT2D eigenvalue weighted by atomic mass is 9.73. The number of aromatic carboxylic acids is 1. The first-order valence-electron chi connectivity index (χ1n) is 12.1. The first-order chi connectivity index (χ1) is 20.2. The molecule has 1 heterocycles. The molecule has 0 saturated carbocycles. The second kappa shape index (κ2) is 13.7. The van der Waals surface area contributed by atoms with E-state index in [0.717, 1.165) is 7.11 Å². The van der Waals surface area contributed by atoms with Gasteiger partial charge in [-0.05, 0) is 24.3 Å². The quantitative estimate of drug-likeness (QED) is 0.189. The van der Waals surface area contributed by atoms with Crippen molar-refractivity contribution in [1.29, 1.82) is 0 Å². The number of nitrogens with zero attached hydrogens (tertiary/aromatic N) is 1. The van der Waals surface area contributed by atoms with Crippen LogP contribution < -0.4 is 5.32 Å². The van der Waals surface area contributed by atoms with Crippen LogP contribution in [0.4, 0.5) is 22.0 Å². The van der Waals surface area contributed by atoms with Crippen LogP contribution in [-0.4, -0.2) is 73.3 Å². The highest BCUT2D eigenvalue weighted by atomic mass is 35.5. The topological polar surface area (TPSA) is 152 Å². The summed E-state index contributed by atoms with van der Waals surface area (Å²) in [4.78, 5) is 52.6. The third-order valence-electron chi connectivity index (χ3n) is 6.32. The first kappa shape index (κ1) is 33.1. The van der Waals surface area contributed by atoms with Gasteiger partial charge in [0.2, 0.25) is 0 Å². The number of rotatable bonds is 11. The van der Waals surface area contributed by atoms with E-state index < -0.39 is 94.1 Å². The number of hydrogen-bond donors (Lipinski definition) is 3. The number of carbonyl (C=O) groups excluding carboxylic acids is 2. The Morgan fingerprint density at radius 3 is 2.26 bits per heavy atom. The Hall–Kier alpha value is -4.37. The van der Waals surface area contributed by atoms with Gasteiger partial charge in [0.1, 0.15) is 18.4 Å². The fraction of sp³-hybridized carbons (Fsp3) is 0.296. The summed E-state index contributed by atoms with van der Waals surface area (Å²) < 4.78 is 81.4. The standard InChI is InChI=1S/C27H22ClF5N2O8/c1-42-26(41)20-16(10-29)35-17(11-43-9-8-34-23(36)12-4-2-3-5-13(12)24(37)38)19(25(39)40)21(20)18-15(30)7-6-14(28)22(18)27(31,32)33/h2-7,20-21H,8-11H2,1H3,(H,34,36)(H,37,38)(H,39,40). The van der Waals surface area contributed by atoms with E-state index in [2.05, 4.69) is 15.0 Å². The first-order valence-corrected chi connectivity index (χ1v) is 12.5. The number of esters is 1. The van der Waals surface area contributed by atoms with Gasteiger partial charge in [0.25, 0.3) is 5.91 Å². The monoisotopic (exact) mass is 632 g/mol. The van der Waals surface area contributed by atoms with Crippen LogP contribution in [0.2, 0.25) is 5.02 Å². The molecule has 1 aliphatic rings. The number of halogens is 6. The summed E-state index contributed by atoms with van der Waals surface area (Å²) in [6.45, 7) is -2.93. The molecule has 230 valence electrons. The lowest BCUT2D eigenvalue weighted by molar-refractivity contribution is -0.145. The summed E-state index contributed by atoms with van der Waals surface area (Å²) in [7, 11) is 0.820. The molecule has 10 nitrogen and oxygen atoms in total. The summed E-state index contributed by atoms with van der Waals surface area (Å²) in [6, 6.07) is 6.47. The molecular weight excluding hydrogens is 611 g/mol. The number of alkyl halides is 4. The van der Waals surface area contributed by atoms with Crippen molar-refractivity contribution in [2.24, 2.45) is 10.9 Å². The predicted molar refractivity (Wildman–Crippen MR) is 139 cm³/mol. The molecule has 0 aliphatic carbocycles. The summed E-state index contributed by atoms with van der Waals surface area (Å²) in [6.07, 6.45) is -5.32. The van der Waals surface area contributed by atoms with Gasteiger partial charge in [0.05, 0.1) is 59.0 Å². The zero-order valence-corrected chi connectivity index (χ0v) is 22.8. The fourth-order valence-corrected chi connectivity index (χ4v) is 4.83. The number of hydrogen-bond acceptors (Lipinski definition) is 7. The van der Waals surface area contributed by atoms with Crippen molar-refractivity contribution >= 4 is 41.1 Å². The highest BCUT2D eigenvalue weighted by molar-refractivity contribution is 6.31. The minimum atomic E-state index is -5.32. The van der Waals surface area contributed by atoms with Gasteiger partial charge in [-0.2, -0.15) is 13.2 Å². The number of nitrogens with one attached hydrogen (secondary N) is 1. The van der Waals surface area contributed by atoms with Crippen LogP contribution in [0.15, 0.2) is 52.7 Å². The van der Waals surface area contributed by atoms with Crippen LogP contribution in [0.3, 0.4) is 0 Å². The van der Waals surface area contributed by atoms with Crippen LogP contribution in [0.1, 0.15) is 37.8 Å². The van der Waals surface area contributed by atoms with Crippen molar-refractivity contribution < 1.29 is 60.8 Å². The van der Waals surface area contributed by atoms with Gasteiger partial charge in [-0.1, -0.05) is 23.7 Å². The van der Waals surface area contributed by atoms with Gasteiger partial charge in [-0.25, -0.2) is 18.4 Å². The maximum atomic E-state index is 15.2. The van der Waals surface area contributed by atoms with Crippen LogP contribution in [0.5, 0.6) is 0 Å². The number of amides is 1. The van der Waals surface area contributed by atoms with E-state index in [9.17, 15) is 47.0 Å². The van der Waals surface area contributed by atoms with Gasteiger partial charge < -0.3 is 25.0 Å². The lowest BCUT2D eigenvalue weighted by Crippen LogP contribution is -2.40. The molecule has 0 aromatic heterocycles. The Kier molecular flexibility index (Phi) is 10.6. The Balaban J connectivity index is 1.98. The molecule has 3 N–H and O–H groups in total. The van der Waals surface area contributed by atoms with Crippen molar-refractivity contribution in [2.75, 3.05) is 33.5 Å². The molecule has 0 spiro atoms. The fourth-order valence-electron chi connectivity index (χ4n) is 4.56. The zero-order valence-electron chi connectivity index (χ0n) is 22.0. The second-order valence-electron chi connectivity index (χ2n) is 8.86. The van der Waals surface area contributed by atoms with Gasteiger partial charge in [0, 0.05) is 18.0 Å². The molecule has 0 bridgehead atoms. The second-order valence-corrected chi connectivity index (χ2v) is 9.26. The van der Waals surface area contributed by atoms with Crippen LogP contribution in [-0.2, 0) is 25.2 Å². The average Bonchev–Trinajstić information content (AvgIpc) is 2.95. The van der Waals surface area contributed by atoms with Crippen molar-refractivity contribution in [3.8, 4) is 0 Å². The maximum Gasteiger partial charge on any atom is 0.418 e. The third kappa shape index (κ3) is 7.17. The molecule has 2 atom stereocenters. The summed E-state index contributed by atoms with van der Waals surface area (Å²) in [5, 5.41) is 20.6. The van der Waals surface area contributed by atoms with Crippen LogP contribution in [0, 0.1) is 11.7 Å². The smallest absolute Gasteiger partial charge is 0.418 e. The summed E-state index contributed by atoms with van der Waals surface area (Å²) in [5.41, 5.74) is -5.89. The summed E-state index contributed by atoms with van der Waals surface area (Å²) >= 11 is 5.75. The van der Waals surface area contributed by atoms with Gasteiger partial charge >= 0.3 is 24.1 Å². The minimum Gasteiger partial charge on any atom is -0.478 e. The van der Waals surface area contributed by atoms with Crippen molar-refractivity contribution in [1.82, 2.24) is 5.32 Å². The number of carboxylic acids is 2. The summed E-state index contributed by atoms with van der Waals surface area (Å²) in [5.74, 6) is -11.4. The predicted octanol–water partition coefficient (Wildman–Crippen LogP) is 4.28. The number of carbonyl (C=O) groups is 4. The number of aliphatic imine (C=N–C) groups is 1.